The van der Waals surface area contributed by atoms with E-state index in [1.54, 1.807) is 0 Å². The molecular weight excluding hydrogens is 251 g/mol. The smallest absolute Gasteiger partial charge is 0.152 e. The number of nitrogen functional groups attached to an aromatic ring is 1. The summed E-state index contributed by atoms with van der Waals surface area (Å²) in [5, 5.41) is 1.34. The SMILES string of the molecule is Nc1cc2ccc(Br)cc2nc1Cl. The van der Waals surface area contributed by atoms with Gasteiger partial charge in [0.05, 0.1) is 11.2 Å². The zero-order chi connectivity index (χ0) is 9.42. The average molecular weight is 258 g/mol. The number of nitrogens with zero attached hydrogens (tertiary/aromatic N) is 1. The molecule has 2 aromatic rings. The lowest BCUT2D eigenvalue weighted by Crippen LogP contribution is -1.89. The van der Waals surface area contributed by atoms with Gasteiger partial charge < -0.3 is 5.73 Å². The van der Waals surface area contributed by atoms with Crippen LogP contribution in [0.5, 0.6) is 0 Å². The fourth-order valence-corrected chi connectivity index (χ4v) is 1.63. The number of fused-ring (bicyclic) bond motifs is 1. The normalized spacial score (nSPS) is 10.6. The van der Waals surface area contributed by atoms with E-state index in [1.165, 1.54) is 0 Å². The van der Waals surface area contributed by atoms with Crippen LogP contribution in [0.3, 0.4) is 0 Å². The van der Waals surface area contributed by atoms with Crippen molar-refractivity contribution in [1.82, 2.24) is 4.98 Å². The van der Waals surface area contributed by atoms with Gasteiger partial charge in [0.25, 0.3) is 0 Å². The zero-order valence-electron chi connectivity index (χ0n) is 6.59. The maximum absolute atomic E-state index is 5.79. The Morgan fingerprint density at radius 3 is 2.85 bits per heavy atom. The maximum Gasteiger partial charge on any atom is 0.152 e. The highest BCUT2D eigenvalue weighted by atomic mass is 79.9. The van der Waals surface area contributed by atoms with E-state index in [4.69, 9.17) is 17.3 Å². The summed E-state index contributed by atoms with van der Waals surface area (Å²) in [5.41, 5.74) is 6.97. The lowest BCUT2D eigenvalue weighted by molar-refractivity contribution is 1.41. The van der Waals surface area contributed by atoms with Crippen LogP contribution >= 0.6 is 27.5 Å². The van der Waals surface area contributed by atoms with Crippen molar-refractivity contribution in [3.8, 4) is 0 Å². The second-order valence-electron chi connectivity index (χ2n) is 2.71. The van der Waals surface area contributed by atoms with Gasteiger partial charge in [-0.2, -0.15) is 0 Å². The number of rotatable bonds is 0. The molecule has 4 heteroatoms. The van der Waals surface area contributed by atoms with Gasteiger partial charge in [0.1, 0.15) is 0 Å². The van der Waals surface area contributed by atoms with Gasteiger partial charge in [0, 0.05) is 9.86 Å². The van der Waals surface area contributed by atoms with Crippen LogP contribution in [-0.2, 0) is 0 Å². The van der Waals surface area contributed by atoms with Crippen LogP contribution in [0.1, 0.15) is 0 Å². The highest BCUT2D eigenvalue weighted by Gasteiger charge is 2.01. The van der Waals surface area contributed by atoms with Crippen LogP contribution in [-0.4, -0.2) is 4.98 Å². The third-order valence-electron chi connectivity index (χ3n) is 1.76. The first-order chi connectivity index (χ1) is 6.16. The van der Waals surface area contributed by atoms with Crippen molar-refractivity contribution >= 4 is 44.1 Å². The predicted molar refractivity (Wildman–Crippen MR) is 58.9 cm³/mol. The number of pyridine rings is 1. The molecule has 0 amide bonds. The Morgan fingerprint density at radius 1 is 1.31 bits per heavy atom. The molecule has 2 nitrogen and oxygen atoms in total. The van der Waals surface area contributed by atoms with Crippen LogP contribution in [0.15, 0.2) is 28.7 Å². The Balaban J connectivity index is 2.81. The summed E-state index contributed by atoms with van der Waals surface area (Å²) < 4.78 is 0.980. The van der Waals surface area contributed by atoms with E-state index in [2.05, 4.69) is 20.9 Å². The minimum Gasteiger partial charge on any atom is -0.396 e. The molecule has 1 aromatic carbocycles. The van der Waals surface area contributed by atoms with Crippen molar-refractivity contribution in [2.45, 2.75) is 0 Å². The van der Waals surface area contributed by atoms with Crippen molar-refractivity contribution in [3.63, 3.8) is 0 Å². The lowest BCUT2D eigenvalue weighted by atomic mass is 10.2. The van der Waals surface area contributed by atoms with E-state index in [-0.39, 0.29) is 0 Å². The molecule has 2 rings (SSSR count). The van der Waals surface area contributed by atoms with Crippen molar-refractivity contribution in [1.29, 1.82) is 0 Å². The first kappa shape index (κ1) is 8.78. The van der Waals surface area contributed by atoms with Gasteiger partial charge >= 0.3 is 0 Å². The minimum atomic E-state index is 0.352. The minimum absolute atomic E-state index is 0.352. The molecule has 1 heterocycles. The molecule has 0 radical (unpaired) electrons. The number of hydrogen-bond acceptors (Lipinski definition) is 2. The summed E-state index contributed by atoms with van der Waals surface area (Å²) in [6.45, 7) is 0. The number of benzene rings is 1. The van der Waals surface area contributed by atoms with E-state index >= 15 is 0 Å². The topological polar surface area (TPSA) is 38.9 Å². The molecule has 0 saturated heterocycles. The van der Waals surface area contributed by atoms with Gasteiger partial charge in [-0.15, -0.1) is 0 Å². The Labute approximate surface area is 88.8 Å². The van der Waals surface area contributed by atoms with Gasteiger partial charge in [-0.3, -0.25) is 0 Å². The molecule has 2 N–H and O–H groups in total. The quantitative estimate of drug-likeness (QED) is 0.736. The Hall–Kier alpha value is -0.800. The first-order valence-electron chi connectivity index (χ1n) is 3.68. The molecule has 0 spiro atoms. The lowest BCUT2D eigenvalue weighted by Gasteiger charge is -2.01. The highest BCUT2D eigenvalue weighted by molar-refractivity contribution is 9.10. The molecule has 0 aliphatic heterocycles. The van der Waals surface area contributed by atoms with E-state index < -0.39 is 0 Å². The summed E-state index contributed by atoms with van der Waals surface area (Å²) >= 11 is 9.15. The molecular formula is C9H6BrClN2. The Bertz CT molecular complexity index is 470. The van der Waals surface area contributed by atoms with Gasteiger partial charge in [0.2, 0.25) is 0 Å². The summed E-state index contributed by atoms with van der Waals surface area (Å²) in [4.78, 5) is 4.15. The second kappa shape index (κ2) is 3.16. The fourth-order valence-electron chi connectivity index (χ4n) is 1.13. The maximum atomic E-state index is 5.79. The highest BCUT2D eigenvalue weighted by Crippen LogP contribution is 2.24. The predicted octanol–water partition coefficient (Wildman–Crippen LogP) is 3.23. The number of nitrogens with two attached hydrogens (primary N) is 1. The molecule has 0 fully saturated rings. The third-order valence-corrected chi connectivity index (χ3v) is 2.56. The molecule has 0 aliphatic rings. The van der Waals surface area contributed by atoms with E-state index in [1.807, 2.05) is 24.3 Å². The largest absolute Gasteiger partial charge is 0.396 e. The van der Waals surface area contributed by atoms with Crippen LogP contribution in [0.25, 0.3) is 10.9 Å². The molecule has 13 heavy (non-hydrogen) atoms. The Kier molecular flexibility index (Phi) is 2.14. The van der Waals surface area contributed by atoms with Crippen molar-refractivity contribution in [3.05, 3.63) is 33.9 Å². The summed E-state index contributed by atoms with van der Waals surface area (Å²) in [5.74, 6) is 0. The van der Waals surface area contributed by atoms with Crippen molar-refractivity contribution < 1.29 is 0 Å². The van der Waals surface area contributed by atoms with Crippen molar-refractivity contribution in [2.24, 2.45) is 0 Å². The zero-order valence-corrected chi connectivity index (χ0v) is 8.93. The second-order valence-corrected chi connectivity index (χ2v) is 3.98. The molecule has 0 aliphatic carbocycles. The molecule has 0 unspecified atom stereocenters. The molecule has 1 aromatic heterocycles. The standard InChI is InChI=1S/C9H6BrClN2/c10-6-2-1-5-3-7(12)9(11)13-8(5)4-6/h1-4H,12H2. The fraction of sp³-hybridized carbons (Fsp3) is 0. The van der Waals surface area contributed by atoms with E-state index in [9.17, 15) is 0 Å². The number of halogens is 2. The first-order valence-corrected chi connectivity index (χ1v) is 4.85. The summed E-state index contributed by atoms with van der Waals surface area (Å²) in [7, 11) is 0. The van der Waals surface area contributed by atoms with Crippen LogP contribution in [0.4, 0.5) is 5.69 Å². The van der Waals surface area contributed by atoms with Crippen molar-refractivity contribution in [2.75, 3.05) is 5.73 Å². The van der Waals surface area contributed by atoms with Gasteiger partial charge in [0.15, 0.2) is 5.15 Å². The van der Waals surface area contributed by atoms with Gasteiger partial charge in [-0.05, 0) is 18.2 Å². The number of anilines is 1. The third kappa shape index (κ3) is 1.62. The molecule has 0 saturated carbocycles. The molecule has 0 bridgehead atoms. The molecule has 0 atom stereocenters. The molecule has 66 valence electrons. The summed E-state index contributed by atoms with van der Waals surface area (Å²) in [6, 6.07) is 7.61. The summed E-state index contributed by atoms with van der Waals surface area (Å²) in [6.07, 6.45) is 0. The Morgan fingerprint density at radius 2 is 2.08 bits per heavy atom. The number of aromatic nitrogens is 1. The monoisotopic (exact) mass is 256 g/mol. The van der Waals surface area contributed by atoms with Gasteiger partial charge in [-0.1, -0.05) is 33.6 Å². The average Bonchev–Trinajstić information content (AvgIpc) is 2.08. The van der Waals surface area contributed by atoms with Crippen LogP contribution in [0, 0.1) is 0 Å². The number of hydrogen-bond donors (Lipinski definition) is 1. The van der Waals surface area contributed by atoms with E-state index in [0.29, 0.717) is 10.8 Å². The van der Waals surface area contributed by atoms with Crippen LogP contribution < -0.4 is 5.73 Å². The van der Waals surface area contributed by atoms with Gasteiger partial charge in [-0.25, -0.2) is 4.98 Å². The van der Waals surface area contributed by atoms with Crippen LogP contribution in [0.2, 0.25) is 5.15 Å². The van der Waals surface area contributed by atoms with E-state index in [0.717, 1.165) is 15.4 Å².